The van der Waals surface area contributed by atoms with Crippen LogP contribution >= 0.6 is 0 Å². The molecule has 1 N–H and O–H groups in total. The number of benzene rings is 1. The van der Waals surface area contributed by atoms with Crippen molar-refractivity contribution in [1.82, 2.24) is 0 Å². The molecule has 0 bridgehead atoms. The smallest absolute Gasteiger partial charge is 0.260 e. The van der Waals surface area contributed by atoms with Gasteiger partial charge in [-0.05, 0) is 37.1 Å². The fraction of sp³-hybridized carbons (Fsp3) is 0.250. The molecule has 0 saturated carbocycles. The Morgan fingerprint density at radius 1 is 1.33 bits per heavy atom. The van der Waals surface area contributed by atoms with Gasteiger partial charge in [-0.2, -0.15) is 0 Å². The minimum Gasteiger partial charge on any atom is -0.497 e. The van der Waals surface area contributed by atoms with E-state index in [9.17, 15) is 0 Å². The monoisotopic (exact) mass is 203 g/mol. The number of hydrogen-bond acceptors (Lipinski definition) is 3. The van der Waals surface area contributed by atoms with Crippen molar-refractivity contribution in [2.24, 2.45) is 0 Å². The summed E-state index contributed by atoms with van der Waals surface area (Å²) in [5.41, 5.74) is 0.834. The topological polar surface area (TPSA) is 42.3 Å². The molecule has 0 amide bonds. The quantitative estimate of drug-likeness (QED) is 0.454. The van der Waals surface area contributed by atoms with Gasteiger partial charge in [0.25, 0.3) is 5.90 Å². The zero-order valence-corrected chi connectivity index (χ0v) is 8.83. The standard InChI is InChI=1S/C12H13NO2/c1-3-15-12(13)9-6-10-4-7-11(14-2)8-5-10/h4-5,7-8,13H,3H2,1-2H3. The molecule has 3 heteroatoms. The fourth-order valence-corrected chi connectivity index (χ4v) is 0.984. The van der Waals surface area contributed by atoms with Gasteiger partial charge in [-0.15, -0.1) is 0 Å². The number of ether oxygens (including phenoxy) is 2. The summed E-state index contributed by atoms with van der Waals surface area (Å²) in [4.78, 5) is 0. The van der Waals surface area contributed by atoms with Crippen molar-refractivity contribution in [2.45, 2.75) is 6.92 Å². The van der Waals surface area contributed by atoms with Crippen LogP contribution in [0.2, 0.25) is 0 Å². The van der Waals surface area contributed by atoms with Gasteiger partial charge < -0.3 is 9.47 Å². The van der Waals surface area contributed by atoms with Crippen molar-refractivity contribution in [3.05, 3.63) is 29.8 Å². The highest BCUT2D eigenvalue weighted by Gasteiger charge is 1.91. The average Bonchev–Trinajstić information content (AvgIpc) is 2.27. The highest BCUT2D eigenvalue weighted by atomic mass is 16.5. The largest absolute Gasteiger partial charge is 0.497 e. The van der Waals surface area contributed by atoms with Crippen LogP contribution in [0.4, 0.5) is 0 Å². The SMILES string of the molecule is CCOC(=N)C#Cc1ccc(OC)cc1. The first kappa shape index (κ1) is 11.1. The second kappa shape index (κ2) is 5.71. The van der Waals surface area contributed by atoms with E-state index in [-0.39, 0.29) is 5.90 Å². The lowest BCUT2D eigenvalue weighted by molar-refractivity contribution is 0.329. The van der Waals surface area contributed by atoms with E-state index in [4.69, 9.17) is 14.9 Å². The molecule has 0 fully saturated rings. The summed E-state index contributed by atoms with van der Waals surface area (Å²) < 4.78 is 9.91. The Labute approximate surface area is 89.5 Å². The van der Waals surface area contributed by atoms with Crippen LogP contribution in [0.1, 0.15) is 12.5 Å². The van der Waals surface area contributed by atoms with Gasteiger partial charge in [-0.1, -0.05) is 5.92 Å². The molecule has 0 saturated heterocycles. The lowest BCUT2D eigenvalue weighted by atomic mass is 10.2. The van der Waals surface area contributed by atoms with E-state index >= 15 is 0 Å². The van der Waals surface area contributed by atoms with Crippen molar-refractivity contribution < 1.29 is 9.47 Å². The van der Waals surface area contributed by atoms with E-state index < -0.39 is 0 Å². The third-order valence-electron chi connectivity index (χ3n) is 1.70. The Bertz CT molecular complexity index is 384. The van der Waals surface area contributed by atoms with Crippen molar-refractivity contribution >= 4 is 5.90 Å². The molecule has 0 heterocycles. The third kappa shape index (κ3) is 3.74. The summed E-state index contributed by atoms with van der Waals surface area (Å²) in [7, 11) is 1.62. The molecule has 15 heavy (non-hydrogen) atoms. The highest BCUT2D eigenvalue weighted by molar-refractivity contribution is 5.91. The van der Waals surface area contributed by atoms with E-state index in [2.05, 4.69) is 11.8 Å². The minimum atomic E-state index is -0.00619. The number of hydrogen-bond donors (Lipinski definition) is 1. The Hall–Kier alpha value is -1.95. The van der Waals surface area contributed by atoms with E-state index in [1.165, 1.54) is 0 Å². The summed E-state index contributed by atoms with van der Waals surface area (Å²) in [6, 6.07) is 7.33. The van der Waals surface area contributed by atoms with Crippen LogP contribution in [0, 0.1) is 17.3 Å². The zero-order valence-electron chi connectivity index (χ0n) is 8.83. The molecular weight excluding hydrogens is 190 g/mol. The highest BCUT2D eigenvalue weighted by Crippen LogP contribution is 2.09. The van der Waals surface area contributed by atoms with Crippen LogP contribution < -0.4 is 4.74 Å². The third-order valence-corrected chi connectivity index (χ3v) is 1.70. The second-order valence-corrected chi connectivity index (χ2v) is 2.74. The summed E-state index contributed by atoms with van der Waals surface area (Å²) in [6.07, 6.45) is 0. The predicted molar refractivity (Wildman–Crippen MR) is 59.2 cm³/mol. The van der Waals surface area contributed by atoms with Crippen molar-refractivity contribution in [2.75, 3.05) is 13.7 Å². The second-order valence-electron chi connectivity index (χ2n) is 2.74. The lowest BCUT2D eigenvalue weighted by Crippen LogP contribution is -1.98. The molecule has 0 aliphatic heterocycles. The van der Waals surface area contributed by atoms with Crippen LogP contribution in [-0.4, -0.2) is 19.6 Å². The summed E-state index contributed by atoms with van der Waals surface area (Å²) in [5, 5.41) is 7.30. The van der Waals surface area contributed by atoms with E-state index in [1.54, 1.807) is 7.11 Å². The molecule has 1 aromatic carbocycles. The van der Waals surface area contributed by atoms with E-state index in [0.29, 0.717) is 6.61 Å². The number of rotatable bonds is 2. The van der Waals surface area contributed by atoms with E-state index in [1.807, 2.05) is 31.2 Å². The van der Waals surface area contributed by atoms with Crippen LogP contribution in [0.15, 0.2) is 24.3 Å². The molecule has 0 atom stereocenters. The maximum atomic E-state index is 7.30. The Balaban J connectivity index is 2.68. The molecule has 0 spiro atoms. The molecule has 3 nitrogen and oxygen atoms in total. The molecule has 1 rings (SSSR count). The maximum absolute atomic E-state index is 7.30. The molecular formula is C12H13NO2. The van der Waals surface area contributed by atoms with Crippen molar-refractivity contribution in [3.63, 3.8) is 0 Å². The van der Waals surface area contributed by atoms with Crippen LogP contribution in [0.25, 0.3) is 0 Å². The first-order valence-corrected chi connectivity index (χ1v) is 4.63. The van der Waals surface area contributed by atoms with Crippen molar-refractivity contribution in [3.8, 4) is 17.6 Å². The molecule has 1 aromatic rings. The van der Waals surface area contributed by atoms with Crippen LogP contribution in [0.5, 0.6) is 5.75 Å². The molecule has 0 unspecified atom stereocenters. The molecule has 0 aromatic heterocycles. The predicted octanol–water partition coefficient (Wildman–Crippen LogP) is 2.06. The number of nitrogens with one attached hydrogen (secondary N) is 1. The van der Waals surface area contributed by atoms with Gasteiger partial charge in [0.15, 0.2) is 0 Å². The fourth-order valence-electron chi connectivity index (χ4n) is 0.984. The van der Waals surface area contributed by atoms with Gasteiger partial charge in [0.1, 0.15) is 5.75 Å². The minimum absolute atomic E-state index is 0.00619. The Kier molecular flexibility index (Phi) is 4.24. The summed E-state index contributed by atoms with van der Waals surface area (Å²) in [5.74, 6) is 6.22. The van der Waals surface area contributed by atoms with Gasteiger partial charge in [0.05, 0.1) is 13.7 Å². The van der Waals surface area contributed by atoms with Crippen molar-refractivity contribution in [1.29, 1.82) is 5.41 Å². The van der Waals surface area contributed by atoms with Gasteiger partial charge in [0.2, 0.25) is 0 Å². The van der Waals surface area contributed by atoms with E-state index in [0.717, 1.165) is 11.3 Å². The van der Waals surface area contributed by atoms with Crippen LogP contribution in [0.3, 0.4) is 0 Å². The normalized spacial score (nSPS) is 8.67. The van der Waals surface area contributed by atoms with Gasteiger partial charge in [-0.3, -0.25) is 5.41 Å². The Morgan fingerprint density at radius 3 is 2.53 bits per heavy atom. The molecule has 78 valence electrons. The first-order valence-electron chi connectivity index (χ1n) is 4.63. The zero-order chi connectivity index (χ0) is 11.1. The first-order chi connectivity index (χ1) is 7.26. The molecule has 0 radical (unpaired) electrons. The summed E-state index contributed by atoms with van der Waals surface area (Å²) in [6.45, 7) is 2.29. The molecule has 0 aliphatic carbocycles. The van der Waals surface area contributed by atoms with Gasteiger partial charge in [-0.25, -0.2) is 0 Å². The average molecular weight is 203 g/mol. The molecule has 0 aliphatic rings. The van der Waals surface area contributed by atoms with Gasteiger partial charge in [0, 0.05) is 5.56 Å². The Morgan fingerprint density at radius 2 is 2.00 bits per heavy atom. The summed E-state index contributed by atoms with van der Waals surface area (Å²) >= 11 is 0. The van der Waals surface area contributed by atoms with Crippen LogP contribution in [-0.2, 0) is 4.74 Å². The number of methoxy groups -OCH3 is 1. The van der Waals surface area contributed by atoms with Gasteiger partial charge >= 0.3 is 0 Å². The lowest BCUT2D eigenvalue weighted by Gasteiger charge is -1.97. The maximum Gasteiger partial charge on any atom is 0.260 e.